The fourth-order valence-corrected chi connectivity index (χ4v) is 3.65. The number of rotatable bonds is 8. The number of nitrogen functional groups attached to an aromatic ring is 1. The third-order valence-corrected chi connectivity index (χ3v) is 4.74. The lowest BCUT2D eigenvalue weighted by Gasteiger charge is -2.10. The highest BCUT2D eigenvalue weighted by molar-refractivity contribution is 7.99. The molecule has 0 unspecified atom stereocenters. The second-order valence-corrected chi connectivity index (χ2v) is 6.35. The van der Waals surface area contributed by atoms with Crippen molar-refractivity contribution in [3.8, 4) is 0 Å². The number of hydrogen-bond acceptors (Lipinski definition) is 7. The van der Waals surface area contributed by atoms with E-state index in [-0.39, 0.29) is 5.97 Å². The van der Waals surface area contributed by atoms with E-state index in [4.69, 9.17) is 10.5 Å². The summed E-state index contributed by atoms with van der Waals surface area (Å²) < 4.78 is 5.03. The Hall–Kier alpha value is -0.920. The zero-order valence-electron chi connectivity index (χ0n) is 12.5. The number of nitrogens with two attached hydrogens (primary N) is 1. The lowest BCUT2D eigenvalue weighted by atomic mass is 10.3. The Labute approximate surface area is 128 Å². The van der Waals surface area contributed by atoms with Crippen LogP contribution in [0, 0.1) is 0 Å². The summed E-state index contributed by atoms with van der Waals surface area (Å²) in [5, 5.41) is 4.32. The van der Waals surface area contributed by atoms with Crippen molar-refractivity contribution in [2.45, 2.75) is 18.2 Å². The molecule has 3 N–H and O–H groups in total. The van der Waals surface area contributed by atoms with E-state index >= 15 is 0 Å². The van der Waals surface area contributed by atoms with E-state index in [1.54, 1.807) is 18.7 Å². The van der Waals surface area contributed by atoms with Gasteiger partial charge in [0.2, 0.25) is 0 Å². The van der Waals surface area contributed by atoms with Crippen LogP contribution in [0.3, 0.4) is 0 Å². The van der Waals surface area contributed by atoms with Crippen molar-refractivity contribution in [2.75, 3.05) is 51.1 Å². The molecule has 7 heteroatoms. The van der Waals surface area contributed by atoms with Gasteiger partial charge in [0.05, 0.1) is 17.2 Å². The van der Waals surface area contributed by atoms with Gasteiger partial charge in [-0.15, -0.1) is 23.1 Å². The van der Waals surface area contributed by atoms with Crippen LogP contribution in [0.25, 0.3) is 0 Å². The minimum absolute atomic E-state index is 0.341. The van der Waals surface area contributed by atoms with Gasteiger partial charge in [0, 0.05) is 6.54 Å². The van der Waals surface area contributed by atoms with Gasteiger partial charge >= 0.3 is 5.97 Å². The zero-order valence-corrected chi connectivity index (χ0v) is 14.1. The molecule has 0 aliphatic heterocycles. The molecule has 5 nitrogen and oxygen atoms in total. The Morgan fingerprint density at radius 2 is 2.20 bits per heavy atom. The molecule has 0 saturated heterocycles. The highest BCUT2D eigenvalue weighted by Gasteiger charge is 2.21. The van der Waals surface area contributed by atoms with Crippen LogP contribution < -0.4 is 11.1 Å². The van der Waals surface area contributed by atoms with Crippen molar-refractivity contribution in [2.24, 2.45) is 0 Å². The number of carbonyl (C=O) groups is 1. The average molecular weight is 317 g/mol. The molecule has 20 heavy (non-hydrogen) atoms. The van der Waals surface area contributed by atoms with E-state index in [2.05, 4.69) is 24.3 Å². The summed E-state index contributed by atoms with van der Waals surface area (Å²) in [6.45, 7) is 4.02. The highest BCUT2D eigenvalue weighted by atomic mass is 32.2. The third kappa shape index (κ3) is 4.57. The zero-order chi connectivity index (χ0) is 15.1. The van der Waals surface area contributed by atoms with Crippen LogP contribution in [0.4, 0.5) is 10.7 Å². The summed E-state index contributed by atoms with van der Waals surface area (Å²) in [6, 6.07) is 0. The van der Waals surface area contributed by atoms with Crippen LogP contribution in [-0.4, -0.2) is 50.9 Å². The first kappa shape index (κ1) is 17.1. The monoisotopic (exact) mass is 317 g/mol. The van der Waals surface area contributed by atoms with Gasteiger partial charge in [0.15, 0.2) is 0 Å². The molecule has 114 valence electrons. The number of nitrogens with zero attached hydrogens (tertiary/aromatic N) is 1. The molecule has 0 atom stereocenters. The molecule has 0 spiro atoms. The minimum atomic E-state index is -0.341. The Morgan fingerprint density at radius 3 is 2.75 bits per heavy atom. The van der Waals surface area contributed by atoms with E-state index in [1.165, 1.54) is 11.3 Å². The predicted octanol–water partition coefficient (Wildman–Crippen LogP) is 2.59. The number of ether oxygens (including phenoxy) is 1. The molecule has 0 aliphatic carbocycles. The first-order valence-electron chi connectivity index (χ1n) is 6.53. The lowest BCUT2D eigenvalue weighted by Crippen LogP contribution is -2.16. The molecule has 0 fully saturated rings. The Kier molecular flexibility index (Phi) is 7.18. The van der Waals surface area contributed by atoms with Gasteiger partial charge in [0.1, 0.15) is 9.88 Å². The summed E-state index contributed by atoms with van der Waals surface area (Å²) in [4.78, 5) is 15.4. The van der Waals surface area contributed by atoms with Crippen LogP contribution >= 0.6 is 23.1 Å². The van der Waals surface area contributed by atoms with Gasteiger partial charge in [-0.05, 0) is 40.2 Å². The highest BCUT2D eigenvalue weighted by Crippen LogP contribution is 2.41. The summed E-state index contributed by atoms with van der Waals surface area (Å²) >= 11 is 2.92. The van der Waals surface area contributed by atoms with Gasteiger partial charge in [0.25, 0.3) is 0 Å². The number of nitrogens with one attached hydrogen (secondary N) is 1. The van der Waals surface area contributed by atoms with Gasteiger partial charge in [-0.25, -0.2) is 4.79 Å². The molecule has 1 heterocycles. The normalized spacial score (nSPS) is 10.8. The maximum absolute atomic E-state index is 11.8. The molecule has 0 saturated carbocycles. The third-order valence-electron chi connectivity index (χ3n) is 2.63. The Bertz CT molecular complexity index is 447. The van der Waals surface area contributed by atoms with Crippen LogP contribution in [0.1, 0.15) is 23.0 Å². The first-order valence-corrected chi connectivity index (χ1v) is 8.57. The fourth-order valence-electron chi connectivity index (χ4n) is 1.69. The van der Waals surface area contributed by atoms with Gasteiger partial charge in [-0.1, -0.05) is 0 Å². The van der Waals surface area contributed by atoms with Crippen LogP contribution in [-0.2, 0) is 4.74 Å². The maximum atomic E-state index is 11.8. The number of thioether (sulfide) groups is 1. The van der Waals surface area contributed by atoms with E-state index in [1.807, 2.05) is 6.26 Å². The SMILES string of the molecule is CCOC(=O)c1sc(NCCCN(C)C)c(SC)c1N. The number of carbonyl (C=O) groups excluding carboxylic acids is 1. The topological polar surface area (TPSA) is 67.6 Å². The predicted molar refractivity (Wildman–Crippen MR) is 88.1 cm³/mol. The molecule has 1 aromatic heterocycles. The second kappa shape index (κ2) is 8.39. The Balaban J connectivity index is 2.75. The van der Waals surface area contributed by atoms with Crippen molar-refractivity contribution < 1.29 is 9.53 Å². The summed E-state index contributed by atoms with van der Waals surface area (Å²) in [5.74, 6) is -0.341. The smallest absolute Gasteiger partial charge is 0.350 e. The lowest BCUT2D eigenvalue weighted by molar-refractivity contribution is 0.0533. The number of anilines is 2. The maximum Gasteiger partial charge on any atom is 0.350 e. The van der Waals surface area contributed by atoms with E-state index in [0.717, 1.165) is 29.4 Å². The van der Waals surface area contributed by atoms with Gasteiger partial charge in [-0.3, -0.25) is 0 Å². The molecule has 0 aliphatic rings. The van der Waals surface area contributed by atoms with Crippen LogP contribution in [0.2, 0.25) is 0 Å². The van der Waals surface area contributed by atoms with Crippen molar-refractivity contribution in [1.82, 2.24) is 4.90 Å². The second-order valence-electron chi connectivity index (χ2n) is 4.51. The molecule has 0 radical (unpaired) electrons. The molecule has 0 amide bonds. The fraction of sp³-hybridized carbons (Fsp3) is 0.615. The molecular formula is C13H23N3O2S2. The first-order chi connectivity index (χ1) is 9.51. The van der Waals surface area contributed by atoms with Crippen molar-refractivity contribution in [3.05, 3.63) is 4.88 Å². The molecule has 1 rings (SSSR count). The molecule has 0 aromatic carbocycles. The quantitative estimate of drug-likeness (QED) is 0.436. The largest absolute Gasteiger partial charge is 0.462 e. The average Bonchev–Trinajstić information content (AvgIpc) is 2.71. The Morgan fingerprint density at radius 1 is 1.50 bits per heavy atom. The molecule has 0 bridgehead atoms. The van der Waals surface area contributed by atoms with Crippen molar-refractivity contribution in [3.63, 3.8) is 0 Å². The van der Waals surface area contributed by atoms with E-state index in [9.17, 15) is 4.79 Å². The number of hydrogen-bond donors (Lipinski definition) is 2. The minimum Gasteiger partial charge on any atom is -0.462 e. The van der Waals surface area contributed by atoms with Crippen LogP contribution in [0.15, 0.2) is 4.90 Å². The summed E-state index contributed by atoms with van der Waals surface area (Å²) in [6.07, 6.45) is 2.99. The van der Waals surface area contributed by atoms with Crippen LogP contribution in [0.5, 0.6) is 0 Å². The standard InChI is InChI=1S/C13H23N3O2S2/c1-5-18-13(17)11-9(14)10(19-4)12(20-11)15-7-6-8-16(2)3/h15H,5-8,14H2,1-4H3. The number of thiophene rings is 1. The summed E-state index contributed by atoms with van der Waals surface area (Å²) in [7, 11) is 4.10. The van der Waals surface area contributed by atoms with Gasteiger partial charge < -0.3 is 20.7 Å². The van der Waals surface area contributed by atoms with Gasteiger partial charge in [-0.2, -0.15) is 0 Å². The van der Waals surface area contributed by atoms with E-state index in [0.29, 0.717) is 17.2 Å². The van der Waals surface area contributed by atoms with Crippen molar-refractivity contribution in [1.29, 1.82) is 0 Å². The summed E-state index contributed by atoms with van der Waals surface area (Å²) in [5.41, 5.74) is 6.56. The molecule has 1 aromatic rings. The van der Waals surface area contributed by atoms with E-state index < -0.39 is 0 Å². The van der Waals surface area contributed by atoms with Crippen molar-refractivity contribution >= 4 is 39.8 Å². The number of esters is 1. The molecular weight excluding hydrogens is 294 g/mol.